The predicted molar refractivity (Wildman–Crippen MR) is 68.5 cm³/mol. The molecule has 0 radical (unpaired) electrons. The van der Waals surface area contributed by atoms with Crippen LogP contribution < -0.4 is 5.73 Å². The first-order valence-corrected chi connectivity index (χ1v) is 5.56. The number of nitrogens with zero attached hydrogens (tertiary/aromatic N) is 1. The van der Waals surface area contributed by atoms with E-state index in [4.69, 9.17) is 5.73 Å². The number of benzene rings is 1. The van der Waals surface area contributed by atoms with E-state index in [2.05, 4.69) is 9.73 Å². The van der Waals surface area contributed by atoms with Crippen LogP contribution in [0.4, 0.5) is 5.69 Å². The van der Waals surface area contributed by atoms with E-state index >= 15 is 0 Å². The Morgan fingerprint density at radius 2 is 2.18 bits per heavy atom. The van der Waals surface area contributed by atoms with Gasteiger partial charge in [-0.25, -0.2) is 4.99 Å². The van der Waals surface area contributed by atoms with Crippen LogP contribution >= 0.6 is 0 Å². The second-order valence-electron chi connectivity index (χ2n) is 3.82. The number of carbonyl (C=O) groups excluding carboxylic acids is 1. The van der Waals surface area contributed by atoms with Crippen molar-refractivity contribution in [1.29, 1.82) is 0 Å². The van der Waals surface area contributed by atoms with Crippen molar-refractivity contribution in [2.24, 2.45) is 10.7 Å². The molecule has 0 aromatic heterocycles. The van der Waals surface area contributed by atoms with Crippen LogP contribution in [0.5, 0.6) is 0 Å². The van der Waals surface area contributed by atoms with E-state index in [0.717, 1.165) is 23.2 Å². The van der Waals surface area contributed by atoms with Crippen molar-refractivity contribution in [3.05, 3.63) is 29.3 Å². The van der Waals surface area contributed by atoms with Gasteiger partial charge in [0.05, 0.1) is 25.1 Å². The number of ether oxygens (including phenoxy) is 1. The van der Waals surface area contributed by atoms with Crippen molar-refractivity contribution in [2.45, 2.75) is 26.7 Å². The first-order chi connectivity index (χ1) is 8.06. The summed E-state index contributed by atoms with van der Waals surface area (Å²) >= 11 is 0. The Morgan fingerprint density at radius 1 is 1.47 bits per heavy atom. The molecule has 0 aliphatic rings. The Balaban J connectivity index is 3.00. The molecule has 0 fully saturated rings. The summed E-state index contributed by atoms with van der Waals surface area (Å²) < 4.78 is 4.64. The van der Waals surface area contributed by atoms with Gasteiger partial charge >= 0.3 is 5.97 Å². The van der Waals surface area contributed by atoms with Crippen LogP contribution in [0.3, 0.4) is 0 Å². The molecule has 4 heteroatoms. The van der Waals surface area contributed by atoms with Gasteiger partial charge in [0, 0.05) is 0 Å². The molecule has 0 saturated heterocycles. The average Bonchev–Trinajstić information content (AvgIpc) is 2.30. The third kappa shape index (κ3) is 3.90. The summed E-state index contributed by atoms with van der Waals surface area (Å²) in [6, 6.07) is 5.73. The molecule has 0 saturated carbocycles. The number of aryl methyl sites for hydroxylation is 1. The minimum absolute atomic E-state index is 0.238. The van der Waals surface area contributed by atoms with E-state index < -0.39 is 0 Å². The first-order valence-electron chi connectivity index (χ1n) is 5.56. The van der Waals surface area contributed by atoms with Gasteiger partial charge < -0.3 is 10.5 Å². The normalized spacial score (nSPS) is 11.4. The lowest BCUT2D eigenvalue weighted by Gasteiger charge is -2.07. The molecule has 0 bridgehead atoms. The molecule has 2 N–H and O–H groups in total. The van der Waals surface area contributed by atoms with E-state index in [1.165, 1.54) is 7.11 Å². The highest BCUT2D eigenvalue weighted by atomic mass is 16.5. The van der Waals surface area contributed by atoms with Gasteiger partial charge in [-0.15, -0.1) is 0 Å². The molecule has 0 spiro atoms. The smallest absolute Gasteiger partial charge is 0.309 e. The molecule has 17 heavy (non-hydrogen) atoms. The number of aliphatic imine (C=N–C) groups is 1. The SMILES string of the molecule is CCc1cc(CC(=O)OC)ccc1N=C(C)N. The van der Waals surface area contributed by atoms with Crippen LogP contribution in [0, 0.1) is 0 Å². The van der Waals surface area contributed by atoms with Gasteiger partial charge in [0.1, 0.15) is 0 Å². The minimum atomic E-state index is -0.238. The molecule has 1 rings (SSSR count). The summed E-state index contributed by atoms with van der Waals surface area (Å²) in [5.41, 5.74) is 8.44. The first kappa shape index (κ1) is 13.2. The number of esters is 1. The van der Waals surface area contributed by atoms with Crippen LogP contribution in [-0.2, 0) is 22.4 Å². The fourth-order valence-corrected chi connectivity index (χ4v) is 1.57. The molecule has 0 atom stereocenters. The zero-order valence-corrected chi connectivity index (χ0v) is 10.5. The van der Waals surface area contributed by atoms with Crippen molar-refractivity contribution in [2.75, 3.05) is 7.11 Å². The fraction of sp³-hybridized carbons (Fsp3) is 0.385. The average molecular weight is 234 g/mol. The van der Waals surface area contributed by atoms with Crippen molar-refractivity contribution in [3.8, 4) is 0 Å². The molecule has 4 nitrogen and oxygen atoms in total. The van der Waals surface area contributed by atoms with Crippen LogP contribution in [0.15, 0.2) is 23.2 Å². The van der Waals surface area contributed by atoms with Gasteiger partial charge in [-0.05, 0) is 30.5 Å². The Labute approximate surface area is 101 Å². The molecule has 1 aromatic rings. The highest BCUT2D eigenvalue weighted by Crippen LogP contribution is 2.21. The van der Waals surface area contributed by atoms with Crippen LogP contribution in [0.2, 0.25) is 0 Å². The monoisotopic (exact) mass is 234 g/mol. The molecule has 0 aliphatic carbocycles. The highest BCUT2D eigenvalue weighted by Gasteiger charge is 2.06. The summed E-state index contributed by atoms with van der Waals surface area (Å²) in [6.07, 6.45) is 1.14. The second kappa shape index (κ2) is 6.03. The molecular weight excluding hydrogens is 216 g/mol. The number of nitrogens with two attached hydrogens (primary N) is 1. The fourth-order valence-electron chi connectivity index (χ4n) is 1.57. The summed E-state index contributed by atoms with van der Waals surface area (Å²) in [5, 5.41) is 0. The van der Waals surface area contributed by atoms with Crippen molar-refractivity contribution in [1.82, 2.24) is 0 Å². The number of amidine groups is 1. The van der Waals surface area contributed by atoms with E-state index in [9.17, 15) is 4.79 Å². The maximum Gasteiger partial charge on any atom is 0.309 e. The third-order valence-electron chi connectivity index (χ3n) is 2.40. The molecule has 0 amide bonds. The molecule has 0 heterocycles. The number of rotatable bonds is 4. The quantitative estimate of drug-likeness (QED) is 0.492. The zero-order valence-electron chi connectivity index (χ0n) is 10.5. The van der Waals surface area contributed by atoms with Crippen molar-refractivity contribution < 1.29 is 9.53 Å². The van der Waals surface area contributed by atoms with Gasteiger partial charge in [-0.3, -0.25) is 4.79 Å². The van der Waals surface area contributed by atoms with Gasteiger partial charge in [-0.2, -0.15) is 0 Å². The summed E-state index contributed by atoms with van der Waals surface area (Å²) in [5.74, 6) is 0.290. The number of hydrogen-bond donors (Lipinski definition) is 1. The maximum atomic E-state index is 11.2. The number of carbonyl (C=O) groups is 1. The summed E-state index contributed by atoms with van der Waals surface area (Å²) in [7, 11) is 1.39. The van der Waals surface area contributed by atoms with Gasteiger partial charge in [0.2, 0.25) is 0 Å². The van der Waals surface area contributed by atoms with Crippen molar-refractivity contribution >= 4 is 17.5 Å². The summed E-state index contributed by atoms with van der Waals surface area (Å²) in [6.45, 7) is 3.80. The predicted octanol–water partition coefficient (Wildman–Crippen LogP) is 1.97. The van der Waals surface area contributed by atoms with Gasteiger partial charge in [-0.1, -0.05) is 19.1 Å². The third-order valence-corrected chi connectivity index (χ3v) is 2.40. The van der Waals surface area contributed by atoms with Crippen LogP contribution in [-0.4, -0.2) is 18.9 Å². The molecule has 0 unspecified atom stereocenters. The van der Waals surface area contributed by atoms with Crippen molar-refractivity contribution in [3.63, 3.8) is 0 Å². The standard InChI is InChI=1S/C13H18N2O2/c1-4-11-7-10(8-13(16)17-3)5-6-12(11)15-9(2)14/h5-7H,4,8H2,1-3H3,(H2,14,15). The van der Waals surface area contributed by atoms with E-state index in [-0.39, 0.29) is 12.4 Å². The van der Waals surface area contributed by atoms with Crippen LogP contribution in [0.1, 0.15) is 25.0 Å². The lowest BCUT2D eigenvalue weighted by atomic mass is 10.0. The highest BCUT2D eigenvalue weighted by molar-refractivity contribution is 5.81. The largest absolute Gasteiger partial charge is 0.469 e. The molecule has 0 aliphatic heterocycles. The Morgan fingerprint density at radius 3 is 2.71 bits per heavy atom. The second-order valence-corrected chi connectivity index (χ2v) is 3.82. The van der Waals surface area contributed by atoms with E-state index in [0.29, 0.717) is 5.84 Å². The maximum absolute atomic E-state index is 11.2. The Bertz CT molecular complexity index is 435. The zero-order chi connectivity index (χ0) is 12.8. The van der Waals surface area contributed by atoms with Gasteiger partial charge in [0.25, 0.3) is 0 Å². The van der Waals surface area contributed by atoms with E-state index in [1.54, 1.807) is 6.92 Å². The Kier molecular flexibility index (Phi) is 4.69. The number of hydrogen-bond acceptors (Lipinski definition) is 3. The topological polar surface area (TPSA) is 64.7 Å². The molecular formula is C13H18N2O2. The van der Waals surface area contributed by atoms with E-state index in [1.807, 2.05) is 25.1 Å². The molecule has 92 valence electrons. The molecule has 1 aromatic carbocycles. The van der Waals surface area contributed by atoms with Crippen LogP contribution in [0.25, 0.3) is 0 Å². The summed E-state index contributed by atoms with van der Waals surface area (Å²) in [4.78, 5) is 15.4. The lowest BCUT2D eigenvalue weighted by molar-refractivity contribution is -0.139. The lowest BCUT2D eigenvalue weighted by Crippen LogP contribution is -2.06. The number of methoxy groups -OCH3 is 1. The van der Waals surface area contributed by atoms with Gasteiger partial charge in [0.15, 0.2) is 0 Å². The Hall–Kier alpha value is -1.84. The minimum Gasteiger partial charge on any atom is -0.469 e.